The van der Waals surface area contributed by atoms with Gasteiger partial charge in [0, 0.05) is 21.8 Å². The summed E-state index contributed by atoms with van der Waals surface area (Å²) >= 11 is 8.55. The Kier molecular flexibility index (Phi) is 4.37. The second-order valence-corrected chi connectivity index (χ2v) is 8.22. The van der Waals surface area contributed by atoms with Crippen molar-refractivity contribution in [3.05, 3.63) is 58.6 Å². The Bertz CT molecular complexity index is 710. The number of nitrogens with one attached hydrogen (secondary N) is 2. The number of quaternary nitrogens is 2. The predicted molar refractivity (Wildman–Crippen MR) is 95.8 cm³/mol. The lowest BCUT2D eigenvalue weighted by atomic mass is 9.96. The molecular formula is C19H23ClN2S+2. The van der Waals surface area contributed by atoms with Crippen molar-refractivity contribution in [1.29, 1.82) is 0 Å². The maximum Gasteiger partial charge on any atom is 0.127 e. The van der Waals surface area contributed by atoms with Gasteiger partial charge in [-0.3, -0.25) is 0 Å². The van der Waals surface area contributed by atoms with Crippen molar-refractivity contribution in [2.45, 2.75) is 22.3 Å². The van der Waals surface area contributed by atoms with Gasteiger partial charge in [-0.25, -0.2) is 0 Å². The van der Waals surface area contributed by atoms with Gasteiger partial charge in [0.25, 0.3) is 0 Å². The van der Waals surface area contributed by atoms with Gasteiger partial charge in [-0.1, -0.05) is 47.6 Å². The number of hydrogen-bond donors (Lipinski definition) is 2. The third-order valence-electron chi connectivity index (χ3n) is 5.22. The molecule has 0 bridgehead atoms. The normalized spacial score (nSPS) is 27.0. The van der Waals surface area contributed by atoms with Crippen LogP contribution in [0.3, 0.4) is 0 Å². The van der Waals surface area contributed by atoms with Crippen LogP contribution < -0.4 is 9.80 Å². The molecule has 0 amide bonds. The quantitative estimate of drug-likeness (QED) is 0.795. The van der Waals surface area contributed by atoms with Crippen LogP contribution in [-0.2, 0) is 6.42 Å². The van der Waals surface area contributed by atoms with Crippen LogP contribution in [0, 0.1) is 0 Å². The van der Waals surface area contributed by atoms with E-state index in [4.69, 9.17) is 11.6 Å². The van der Waals surface area contributed by atoms with E-state index in [0.717, 1.165) is 11.4 Å². The Morgan fingerprint density at radius 2 is 1.70 bits per heavy atom. The van der Waals surface area contributed by atoms with Crippen molar-refractivity contribution in [2.75, 3.05) is 33.2 Å². The van der Waals surface area contributed by atoms with E-state index in [-0.39, 0.29) is 0 Å². The van der Waals surface area contributed by atoms with E-state index < -0.39 is 0 Å². The van der Waals surface area contributed by atoms with E-state index in [2.05, 4.69) is 49.5 Å². The van der Waals surface area contributed by atoms with Crippen LogP contribution in [0.2, 0.25) is 5.02 Å². The topological polar surface area (TPSA) is 8.88 Å². The van der Waals surface area contributed by atoms with Gasteiger partial charge in [-0.05, 0) is 23.8 Å². The third kappa shape index (κ3) is 3.03. The number of benzene rings is 2. The standard InChI is InChI=1S/C19H21ClN2S/c1-21-9-11-22(12-10-21)16-13-14-5-2-3-7-17(14)23-18-8-4-6-15(20)19(16)18/h2-8,16H,9-13H2,1H3/p+2/t16-/m1/s1. The molecule has 2 aliphatic rings. The van der Waals surface area contributed by atoms with Gasteiger partial charge in [-0.2, -0.15) is 0 Å². The van der Waals surface area contributed by atoms with Crippen LogP contribution in [0.15, 0.2) is 52.3 Å². The fraction of sp³-hybridized carbons (Fsp3) is 0.368. The highest BCUT2D eigenvalue weighted by Gasteiger charge is 2.34. The smallest absolute Gasteiger partial charge is 0.127 e. The molecule has 0 aliphatic carbocycles. The maximum absolute atomic E-state index is 6.67. The van der Waals surface area contributed by atoms with Crippen molar-refractivity contribution in [3.63, 3.8) is 0 Å². The summed E-state index contributed by atoms with van der Waals surface area (Å²) in [6, 6.07) is 15.7. The van der Waals surface area contributed by atoms with Crippen molar-refractivity contribution < 1.29 is 9.80 Å². The molecule has 0 aromatic heterocycles. The molecule has 4 rings (SSSR count). The highest BCUT2D eigenvalue weighted by Crippen LogP contribution is 2.42. The highest BCUT2D eigenvalue weighted by molar-refractivity contribution is 7.99. The third-order valence-corrected chi connectivity index (χ3v) is 6.74. The Morgan fingerprint density at radius 3 is 2.52 bits per heavy atom. The molecule has 0 radical (unpaired) electrons. The minimum atomic E-state index is 0.475. The number of fused-ring (bicyclic) bond motifs is 2. The Hall–Kier alpha value is -1.00. The monoisotopic (exact) mass is 346 g/mol. The molecule has 2 aliphatic heterocycles. The van der Waals surface area contributed by atoms with E-state index >= 15 is 0 Å². The van der Waals surface area contributed by atoms with Crippen LogP contribution in [0.25, 0.3) is 0 Å². The van der Waals surface area contributed by atoms with E-state index in [1.54, 1.807) is 9.80 Å². The van der Waals surface area contributed by atoms with Gasteiger partial charge in [0.1, 0.15) is 32.2 Å². The van der Waals surface area contributed by atoms with Crippen LogP contribution in [-0.4, -0.2) is 33.2 Å². The zero-order chi connectivity index (χ0) is 15.8. The molecule has 2 heterocycles. The zero-order valence-electron chi connectivity index (χ0n) is 13.4. The summed E-state index contributed by atoms with van der Waals surface area (Å²) in [7, 11) is 2.30. The summed E-state index contributed by atoms with van der Waals surface area (Å²) in [5.74, 6) is 0. The van der Waals surface area contributed by atoms with E-state index in [0.29, 0.717) is 6.04 Å². The molecule has 4 heteroatoms. The van der Waals surface area contributed by atoms with Crippen molar-refractivity contribution in [3.8, 4) is 0 Å². The summed E-state index contributed by atoms with van der Waals surface area (Å²) in [6.07, 6.45) is 1.09. The molecule has 2 aromatic rings. The van der Waals surface area contributed by atoms with Gasteiger partial charge in [-0.15, -0.1) is 0 Å². The molecule has 23 heavy (non-hydrogen) atoms. The first kappa shape index (κ1) is 15.5. The van der Waals surface area contributed by atoms with Crippen molar-refractivity contribution in [2.24, 2.45) is 0 Å². The lowest BCUT2D eigenvalue weighted by molar-refractivity contribution is -1.02. The summed E-state index contributed by atoms with van der Waals surface area (Å²) in [5, 5.41) is 0.937. The van der Waals surface area contributed by atoms with Gasteiger partial charge >= 0.3 is 0 Å². The molecule has 0 saturated carbocycles. The fourth-order valence-corrected chi connectivity index (χ4v) is 5.39. The second kappa shape index (κ2) is 6.48. The molecule has 1 fully saturated rings. The van der Waals surface area contributed by atoms with Gasteiger partial charge < -0.3 is 9.80 Å². The minimum absolute atomic E-state index is 0.475. The van der Waals surface area contributed by atoms with E-state index in [1.165, 1.54) is 47.1 Å². The largest absolute Gasteiger partial charge is 0.328 e. The first-order valence-electron chi connectivity index (χ1n) is 8.42. The van der Waals surface area contributed by atoms with E-state index in [9.17, 15) is 0 Å². The summed E-state index contributed by atoms with van der Waals surface area (Å²) in [4.78, 5) is 6.07. The molecule has 2 nitrogen and oxygen atoms in total. The SMILES string of the molecule is C[NH+]1CC[NH+]([C@@H]2Cc3ccccc3Sc3cccc(Cl)c32)CC1. The number of hydrogen-bond acceptors (Lipinski definition) is 1. The average molecular weight is 347 g/mol. The van der Waals surface area contributed by atoms with Gasteiger partial charge in [0.05, 0.1) is 12.1 Å². The van der Waals surface area contributed by atoms with Gasteiger partial charge in [0.15, 0.2) is 0 Å². The van der Waals surface area contributed by atoms with E-state index in [1.807, 2.05) is 11.8 Å². The Morgan fingerprint density at radius 1 is 0.957 bits per heavy atom. The molecule has 2 N–H and O–H groups in total. The molecule has 0 unspecified atom stereocenters. The lowest BCUT2D eigenvalue weighted by Crippen LogP contribution is -3.27. The first-order chi connectivity index (χ1) is 11.2. The molecule has 120 valence electrons. The number of halogens is 1. The summed E-state index contributed by atoms with van der Waals surface area (Å²) in [5.41, 5.74) is 2.83. The summed E-state index contributed by atoms with van der Waals surface area (Å²) in [6.45, 7) is 4.96. The molecule has 1 atom stereocenters. The molecule has 1 saturated heterocycles. The van der Waals surface area contributed by atoms with Crippen molar-refractivity contribution in [1.82, 2.24) is 0 Å². The average Bonchev–Trinajstić information content (AvgIpc) is 2.73. The fourth-order valence-electron chi connectivity index (χ4n) is 3.85. The Balaban J connectivity index is 1.78. The van der Waals surface area contributed by atoms with Crippen LogP contribution in [0.5, 0.6) is 0 Å². The molecular weight excluding hydrogens is 324 g/mol. The van der Waals surface area contributed by atoms with Crippen LogP contribution in [0.4, 0.5) is 0 Å². The van der Waals surface area contributed by atoms with Gasteiger partial charge in [0.2, 0.25) is 0 Å². The number of likely N-dealkylation sites (N-methyl/N-ethyl adjacent to an activating group) is 1. The lowest BCUT2D eigenvalue weighted by Gasteiger charge is -2.34. The maximum atomic E-state index is 6.67. The second-order valence-electron chi connectivity index (χ2n) is 6.73. The Labute approximate surface area is 147 Å². The number of piperazine rings is 1. The number of rotatable bonds is 1. The highest BCUT2D eigenvalue weighted by atomic mass is 35.5. The first-order valence-corrected chi connectivity index (χ1v) is 9.62. The summed E-state index contributed by atoms with van der Waals surface area (Å²) < 4.78 is 0. The molecule has 0 spiro atoms. The predicted octanol–water partition coefficient (Wildman–Crippen LogP) is 1.50. The van der Waals surface area contributed by atoms with Crippen LogP contribution in [0.1, 0.15) is 17.2 Å². The minimum Gasteiger partial charge on any atom is -0.328 e. The zero-order valence-corrected chi connectivity index (χ0v) is 15.0. The van der Waals surface area contributed by atoms with Crippen LogP contribution >= 0.6 is 23.4 Å². The molecule has 2 aromatic carbocycles. The van der Waals surface area contributed by atoms with Crippen molar-refractivity contribution >= 4 is 23.4 Å².